The van der Waals surface area contributed by atoms with Crippen LogP contribution < -0.4 is 15.5 Å². The molecule has 7 heteroatoms. The molecular formula is C19H28N6O. The molecule has 0 radical (unpaired) electrons. The SMILES string of the molecule is CCNC(=NCc1cccnc1N1CCOCC1)NCCn1cccc1. The van der Waals surface area contributed by atoms with Crippen LogP contribution in [0.15, 0.2) is 47.8 Å². The minimum atomic E-state index is 0.597. The average Bonchev–Trinajstić information content (AvgIpc) is 3.20. The van der Waals surface area contributed by atoms with Gasteiger partial charge in [-0.05, 0) is 25.1 Å². The highest BCUT2D eigenvalue weighted by atomic mass is 16.5. The maximum Gasteiger partial charge on any atom is 0.191 e. The van der Waals surface area contributed by atoms with Gasteiger partial charge in [0.15, 0.2) is 5.96 Å². The number of nitrogens with zero attached hydrogens (tertiary/aromatic N) is 4. The van der Waals surface area contributed by atoms with E-state index in [4.69, 9.17) is 9.73 Å². The van der Waals surface area contributed by atoms with Crippen LogP contribution >= 0.6 is 0 Å². The lowest BCUT2D eigenvalue weighted by Gasteiger charge is -2.29. The number of aromatic nitrogens is 2. The number of aliphatic imine (C=N–C) groups is 1. The summed E-state index contributed by atoms with van der Waals surface area (Å²) in [5.74, 6) is 1.85. The van der Waals surface area contributed by atoms with Crippen LogP contribution in [-0.4, -0.2) is 54.9 Å². The minimum Gasteiger partial charge on any atom is -0.378 e. The zero-order valence-corrected chi connectivity index (χ0v) is 15.4. The van der Waals surface area contributed by atoms with Gasteiger partial charge in [-0.25, -0.2) is 9.98 Å². The van der Waals surface area contributed by atoms with E-state index in [9.17, 15) is 0 Å². The van der Waals surface area contributed by atoms with Crippen molar-refractivity contribution in [2.75, 3.05) is 44.3 Å². The molecule has 0 saturated carbocycles. The van der Waals surface area contributed by atoms with Crippen molar-refractivity contribution in [3.63, 3.8) is 0 Å². The van der Waals surface area contributed by atoms with E-state index in [1.807, 2.05) is 24.4 Å². The lowest BCUT2D eigenvalue weighted by atomic mass is 10.2. The number of rotatable bonds is 7. The lowest BCUT2D eigenvalue weighted by Crippen LogP contribution is -2.39. The summed E-state index contributed by atoms with van der Waals surface area (Å²) in [4.78, 5) is 11.6. The molecule has 0 bridgehead atoms. The summed E-state index contributed by atoms with van der Waals surface area (Å²) >= 11 is 0. The monoisotopic (exact) mass is 356 g/mol. The van der Waals surface area contributed by atoms with Gasteiger partial charge in [0, 0.05) is 56.9 Å². The zero-order chi connectivity index (χ0) is 18.0. The number of nitrogens with one attached hydrogen (secondary N) is 2. The quantitative estimate of drug-likeness (QED) is 0.581. The van der Waals surface area contributed by atoms with E-state index in [0.29, 0.717) is 6.54 Å². The van der Waals surface area contributed by atoms with E-state index in [2.05, 4.69) is 50.5 Å². The standard InChI is InChI=1S/C19H28N6O/c1-2-20-19(22-8-11-24-9-3-4-10-24)23-16-17-6-5-7-21-18(17)25-12-14-26-15-13-25/h3-7,9-10H,2,8,11-16H2,1H3,(H2,20,22,23). The van der Waals surface area contributed by atoms with Crippen molar-refractivity contribution in [3.05, 3.63) is 48.4 Å². The minimum absolute atomic E-state index is 0.597. The molecule has 7 nitrogen and oxygen atoms in total. The topological polar surface area (TPSA) is 66.7 Å². The molecule has 0 amide bonds. The summed E-state index contributed by atoms with van der Waals surface area (Å²) in [6, 6.07) is 8.15. The molecule has 0 spiro atoms. The Labute approximate surface area is 155 Å². The summed E-state index contributed by atoms with van der Waals surface area (Å²) in [6.45, 7) is 8.50. The summed E-state index contributed by atoms with van der Waals surface area (Å²) in [5.41, 5.74) is 1.14. The van der Waals surface area contributed by atoms with Crippen LogP contribution in [0.4, 0.5) is 5.82 Å². The number of ether oxygens (including phenoxy) is 1. The summed E-state index contributed by atoms with van der Waals surface area (Å²) in [6.07, 6.45) is 5.98. The van der Waals surface area contributed by atoms with Gasteiger partial charge in [0.25, 0.3) is 0 Å². The Morgan fingerprint density at radius 3 is 2.77 bits per heavy atom. The van der Waals surface area contributed by atoms with Crippen LogP contribution in [0.5, 0.6) is 0 Å². The van der Waals surface area contributed by atoms with E-state index in [0.717, 1.165) is 63.3 Å². The highest BCUT2D eigenvalue weighted by Crippen LogP contribution is 2.19. The van der Waals surface area contributed by atoms with E-state index in [-0.39, 0.29) is 0 Å². The molecule has 0 atom stereocenters. The number of guanidine groups is 1. The normalized spacial score (nSPS) is 15.1. The van der Waals surface area contributed by atoms with Gasteiger partial charge in [0.2, 0.25) is 0 Å². The van der Waals surface area contributed by atoms with Gasteiger partial charge in [0.05, 0.1) is 19.8 Å². The number of hydrogen-bond acceptors (Lipinski definition) is 4. The van der Waals surface area contributed by atoms with Gasteiger partial charge in [0.1, 0.15) is 5.82 Å². The van der Waals surface area contributed by atoms with Gasteiger partial charge in [-0.1, -0.05) is 6.07 Å². The maximum absolute atomic E-state index is 5.45. The molecule has 1 aliphatic rings. The summed E-state index contributed by atoms with van der Waals surface area (Å²) in [7, 11) is 0. The first-order chi connectivity index (χ1) is 12.9. The second kappa shape index (κ2) is 9.82. The fourth-order valence-corrected chi connectivity index (χ4v) is 2.94. The zero-order valence-electron chi connectivity index (χ0n) is 15.4. The van der Waals surface area contributed by atoms with E-state index in [1.54, 1.807) is 0 Å². The van der Waals surface area contributed by atoms with Gasteiger partial charge in [-0.15, -0.1) is 0 Å². The molecule has 2 aromatic rings. The molecule has 0 aliphatic carbocycles. The third-order valence-electron chi connectivity index (χ3n) is 4.26. The highest BCUT2D eigenvalue weighted by Gasteiger charge is 2.15. The molecule has 3 heterocycles. The van der Waals surface area contributed by atoms with Crippen LogP contribution in [0, 0.1) is 0 Å². The number of hydrogen-bond donors (Lipinski definition) is 2. The highest BCUT2D eigenvalue weighted by molar-refractivity contribution is 5.79. The largest absolute Gasteiger partial charge is 0.378 e. The first kappa shape index (κ1) is 18.3. The van der Waals surface area contributed by atoms with Gasteiger partial charge >= 0.3 is 0 Å². The molecule has 1 aliphatic heterocycles. The Bertz CT molecular complexity index is 679. The molecule has 2 N–H and O–H groups in total. The molecule has 26 heavy (non-hydrogen) atoms. The second-order valence-corrected chi connectivity index (χ2v) is 6.13. The fourth-order valence-electron chi connectivity index (χ4n) is 2.94. The Hall–Kier alpha value is -2.54. The molecule has 1 saturated heterocycles. The Morgan fingerprint density at radius 2 is 2.00 bits per heavy atom. The van der Waals surface area contributed by atoms with Gasteiger partial charge in [-0.2, -0.15) is 0 Å². The van der Waals surface area contributed by atoms with Crippen LogP contribution in [0.2, 0.25) is 0 Å². The predicted octanol–water partition coefficient (Wildman–Crippen LogP) is 1.48. The van der Waals surface area contributed by atoms with Crippen LogP contribution in [0.25, 0.3) is 0 Å². The van der Waals surface area contributed by atoms with Crippen LogP contribution in [-0.2, 0) is 17.8 Å². The van der Waals surface area contributed by atoms with Crippen LogP contribution in [0.3, 0.4) is 0 Å². The third kappa shape index (κ3) is 5.23. The molecule has 0 aromatic carbocycles. The van der Waals surface area contributed by atoms with Crippen molar-refractivity contribution in [1.29, 1.82) is 0 Å². The van der Waals surface area contributed by atoms with Gasteiger partial charge in [-0.3, -0.25) is 0 Å². The Kier molecular flexibility index (Phi) is 6.89. The smallest absolute Gasteiger partial charge is 0.191 e. The number of morpholine rings is 1. The predicted molar refractivity (Wildman–Crippen MR) is 105 cm³/mol. The van der Waals surface area contributed by atoms with Gasteiger partial charge < -0.3 is 24.8 Å². The van der Waals surface area contributed by atoms with Crippen molar-refractivity contribution in [2.24, 2.45) is 4.99 Å². The summed E-state index contributed by atoms with van der Waals surface area (Å²) in [5, 5.41) is 6.70. The average molecular weight is 356 g/mol. The molecule has 3 rings (SSSR count). The first-order valence-electron chi connectivity index (χ1n) is 9.26. The number of pyridine rings is 1. The third-order valence-corrected chi connectivity index (χ3v) is 4.26. The second-order valence-electron chi connectivity index (χ2n) is 6.13. The van der Waals surface area contributed by atoms with E-state index >= 15 is 0 Å². The van der Waals surface area contributed by atoms with Crippen molar-refractivity contribution < 1.29 is 4.74 Å². The van der Waals surface area contributed by atoms with Crippen molar-refractivity contribution >= 4 is 11.8 Å². The Balaban J connectivity index is 1.61. The molecule has 2 aromatic heterocycles. The van der Waals surface area contributed by atoms with E-state index in [1.165, 1.54) is 0 Å². The fraction of sp³-hybridized carbons (Fsp3) is 0.474. The van der Waals surface area contributed by atoms with E-state index < -0.39 is 0 Å². The van der Waals surface area contributed by atoms with Crippen molar-refractivity contribution in [3.8, 4) is 0 Å². The van der Waals surface area contributed by atoms with Crippen LogP contribution in [0.1, 0.15) is 12.5 Å². The maximum atomic E-state index is 5.45. The van der Waals surface area contributed by atoms with Crippen molar-refractivity contribution in [2.45, 2.75) is 20.0 Å². The number of anilines is 1. The lowest BCUT2D eigenvalue weighted by molar-refractivity contribution is 0.122. The molecule has 140 valence electrons. The van der Waals surface area contributed by atoms with Crippen molar-refractivity contribution in [1.82, 2.24) is 20.2 Å². The molecule has 1 fully saturated rings. The Morgan fingerprint density at radius 1 is 1.19 bits per heavy atom. The molecular weight excluding hydrogens is 328 g/mol. The molecule has 0 unspecified atom stereocenters. The summed E-state index contributed by atoms with van der Waals surface area (Å²) < 4.78 is 7.59. The first-order valence-corrected chi connectivity index (χ1v) is 9.26.